The molecular weight excluding hydrogens is 280 g/mol. The molecular formula is C13H26N2O4S. The Morgan fingerprint density at radius 3 is 2.60 bits per heavy atom. The summed E-state index contributed by atoms with van der Waals surface area (Å²) in [5.74, 6) is 1.21. The van der Waals surface area contributed by atoms with Gasteiger partial charge in [-0.05, 0) is 18.3 Å². The summed E-state index contributed by atoms with van der Waals surface area (Å²) in [6.07, 6.45) is 2.22. The van der Waals surface area contributed by atoms with Gasteiger partial charge in [-0.3, -0.25) is 0 Å². The van der Waals surface area contributed by atoms with Crippen LogP contribution in [-0.2, 0) is 14.6 Å². The Labute approximate surface area is 121 Å². The zero-order valence-electron chi connectivity index (χ0n) is 12.6. The van der Waals surface area contributed by atoms with Crippen LogP contribution >= 0.6 is 0 Å². The van der Waals surface area contributed by atoms with Crippen LogP contribution in [-0.4, -0.2) is 64.2 Å². The largest absolute Gasteiger partial charge is 0.379 e. The van der Waals surface area contributed by atoms with E-state index < -0.39 is 9.84 Å². The van der Waals surface area contributed by atoms with Crippen LogP contribution in [0.1, 0.15) is 20.3 Å². The molecule has 1 aliphatic heterocycles. The number of nitrogens with zero attached hydrogens (tertiary/aromatic N) is 1. The molecule has 0 radical (unpaired) electrons. The first kappa shape index (κ1) is 17.2. The topological polar surface area (TPSA) is 75.7 Å². The standard InChI is InChI=1S/C13H26N2O4S/c1-11-4-6-15(10-12(11)2)13(16)14-5-7-19-8-9-20(3,17)18/h11-12H,4-10H2,1-3H3,(H,14,16)/t11-,12+/m0/s1. The first-order valence-electron chi connectivity index (χ1n) is 7.08. The van der Waals surface area contributed by atoms with Gasteiger partial charge in [0.2, 0.25) is 0 Å². The Kier molecular flexibility index (Phi) is 6.75. The molecule has 0 unspecified atom stereocenters. The number of sulfone groups is 1. The maximum atomic E-state index is 11.9. The fourth-order valence-electron chi connectivity index (χ4n) is 2.10. The number of likely N-dealkylation sites (tertiary alicyclic amines) is 1. The molecule has 1 heterocycles. The van der Waals surface area contributed by atoms with E-state index in [1.54, 1.807) is 0 Å². The summed E-state index contributed by atoms with van der Waals surface area (Å²) >= 11 is 0. The number of nitrogens with one attached hydrogen (secondary N) is 1. The summed E-state index contributed by atoms with van der Waals surface area (Å²) < 4.78 is 26.9. The minimum Gasteiger partial charge on any atom is -0.379 e. The second-order valence-electron chi connectivity index (χ2n) is 5.66. The number of urea groups is 1. The number of rotatable bonds is 6. The Balaban J connectivity index is 2.11. The van der Waals surface area contributed by atoms with Crippen molar-refractivity contribution in [3.63, 3.8) is 0 Å². The highest BCUT2D eigenvalue weighted by Crippen LogP contribution is 2.22. The lowest BCUT2D eigenvalue weighted by Gasteiger charge is -2.35. The van der Waals surface area contributed by atoms with E-state index in [0.717, 1.165) is 19.5 Å². The Morgan fingerprint density at radius 1 is 1.30 bits per heavy atom. The first-order valence-corrected chi connectivity index (χ1v) is 9.14. The smallest absolute Gasteiger partial charge is 0.317 e. The van der Waals surface area contributed by atoms with Crippen molar-refractivity contribution in [1.29, 1.82) is 0 Å². The number of piperidine rings is 1. The predicted molar refractivity (Wildman–Crippen MR) is 78.4 cm³/mol. The van der Waals surface area contributed by atoms with Crippen LogP contribution in [0, 0.1) is 11.8 Å². The van der Waals surface area contributed by atoms with Gasteiger partial charge in [0.25, 0.3) is 0 Å². The average molecular weight is 306 g/mol. The van der Waals surface area contributed by atoms with Crippen LogP contribution in [0.25, 0.3) is 0 Å². The third-order valence-electron chi connectivity index (χ3n) is 3.74. The Hall–Kier alpha value is -0.820. The van der Waals surface area contributed by atoms with Gasteiger partial charge in [-0.15, -0.1) is 0 Å². The molecule has 0 spiro atoms. The van der Waals surface area contributed by atoms with Crippen molar-refractivity contribution in [2.75, 3.05) is 44.9 Å². The second kappa shape index (κ2) is 7.83. The van der Waals surface area contributed by atoms with E-state index >= 15 is 0 Å². The molecule has 1 rings (SSSR count). The van der Waals surface area contributed by atoms with Gasteiger partial charge in [0.15, 0.2) is 0 Å². The van der Waals surface area contributed by atoms with E-state index in [4.69, 9.17) is 4.74 Å². The maximum absolute atomic E-state index is 11.9. The number of hydrogen-bond acceptors (Lipinski definition) is 4. The minimum absolute atomic E-state index is 0.0163. The van der Waals surface area contributed by atoms with Crippen molar-refractivity contribution >= 4 is 15.9 Å². The van der Waals surface area contributed by atoms with Crippen LogP contribution in [0.15, 0.2) is 0 Å². The fourth-order valence-corrected chi connectivity index (χ4v) is 2.52. The van der Waals surface area contributed by atoms with E-state index in [9.17, 15) is 13.2 Å². The molecule has 20 heavy (non-hydrogen) atoms. The third-order valence-corrected chi connectivity index (χ3v) is 4.65. The quantitative estimate of drug-likeness (QED) is 0.734. The fraction of sp³-hybridized carbons (Fsp3) is 0.923. The Bertz CT molecular complexity index is 411. The molecule has 0 bridgehead atoms. The number of carbonyl (C=O) groups excluding carboxylic acids is 1. The molecule has 0 aliphatic carbocycles. The molecule has 0 saturated carbocycles. The SMILES string of the molecule is C[C@@H]1CN(C(=O)NCCOCCS(C)(=O)=O)CC[C@@H]1C. The molecule has 2 amide bonds. The van der Waals surface area contributed by atoms with Crippen LogP contribution in [0.5, 0.6) is 0 Å². The highest BCUT2D eigenvalue weighted by atomic mass is 32.2. The summed E-state index contributed by atoms with van der Waals surface area (Å²) in [6, 6.07) is -0.0598. The average Bonchev–Trinajstić information content (AvgIpc) is 2.35. The molecule has 2 atom stereocenters. The van der Waals surface area contributed by atoms with Crippen LogP contribution < -0.4 is 5.32 Å². The normalized spacial score (nSPS) is 23.6. The molecule has 6 nitrogen and oxygen atoms in total. The summed E-state index contributed by atoms with van der Waals surface area (Å²) in [5.41, 5.74) is 0. The van der Waals surface area contributed by atoms with Gasteiger partial charge < -0.3 is 15.0 Å². The van der Waals surface area contributed by atoms with Gasteiger partial charge in [-0.2, -0.15) is 0 Å². The van der Waals surface area contributed by atoms with Crippen molar-refractivity contribution in [2.45, 2.75) is 20.3 Å². The maximum Gasteiger partial charge on any atom is 0.317 e. The van der Waals surface area contributed by atoms with Crippen LogP contribution in [0.4, 0.5) is 4.79 Å². The minimum atomic E-state index is -2.98. The van der Waals surface area contributed by atoms with Crippen LogP contribution in [0.2, 0.25) is 0 Å². The van der Waals surface area contributed by atoms with E-state index in [1.165, 1.54) is 6.26 Å². The number of ether oxygens (including phenoxy) is 1. The lowest BCUT2D eigenvalue weighted by atomic mass is 9.89. The molecule has 118 valence electrons. The second-order valence-corrected chi connectivity index (χ2v) is 7.92. The molecule has 1 saturated heterocycles. The molecule has 1 aliphatic rings. The number of amides is 2. The van der Waals surface area contributed by atoms with E-state index in [-0.39, 0.29) is 18.4 Å². The van der Waals surface area contributed by atoms with Gasteiger partial charge in [-0.25, -0.2) is 13.2 Å². The van der Waals surface area contributed by atoms with Gasteiger partial charge in [0.1, 0.15) is 9.84 Å². The highest BCUT2D eigenvalue weighted by Gasteiger charge is 2.25. The van der Waals surface area contributed by atoms with E-state index in [0.29, 0.717) is 25.0 Å². The Morgan fingerprint density at radius 2 is 2.00 bits per heavy atom. The summed E-state index contributed by atoms with van der Waals surface area (Å²) in [7, 11) is -2.98. The van der Waals surface area contributed by atoms with Crippen molar-refractivity contribution in [3.05, 3.63) is 0 Å². The van der Waals surface area contributed by atoms with Crippen molar-refractivity contribution in [3.8, 4) is 0 Å². The van der Waals surface area contributed by atoms with Crippen LogP contribution in [0.3, 0.4) is 0 Å². The van der Waals surface area contributed by atoms with Gasteiger partial charge >= 0.3 is 6.03 Å². The molecule has 1 N–H and O–H groups in total. The zero-order valence-corrected chi connectivity index (χ0v) is 13.4. The van der Waals surface area contributed by atoms with Crippen molar-refractivity contribution < 1.29 is 17.9 Å². The summed E-state index contributed by atoms with van der Waals surface area (Å²) in [4.78, 5) is 13.7. The summed E-state index contributed by atoms with van der Waals surface area (Å²) in [6.45, 7) is 6.89. The van der Waals surface area contributed by atoms with Gasteiger partial charge in [0.05, 0.1) is 19.0 Å². The number of carbonyl (C=O) groups is 1. The molecule has 0 aromatic carbocycles. The molecule has 0 aromatic rings. The van der Waals surface area contributed by atoms with E-state index in [2.05, 4.69) is 19.2 Å². The molecule has 7 heteroatoms. The van der Waals surface area contributed by atoms with Gasteiger partial charge in [0, 0.05) is 25.9 Å². The summed E-state index contributed by atoms with van der Waals surface area (Å²) in [5, 5.41) is 2.80. The monoisotopic (exact) mass is 306 g/mol. The van der Waals surface area contributed by atoms with E-state index in [1.807, 2.05) is 4.90 Å². The third kappa shape index (κ3) is 6.56. The van der Waals surface area contributed by atoms with Crippen molar-refractivity contribution in [1.82, 2.24) is 10.2 Å². The van der Waals surface area contributed by atoms with Gasteiger partial charge in [-0.1, -0.05) is 13.8 Å². The predicted octanol–water partition coefficient (Wildman–Crippen LogP) is 0.735. The lowest BCUT2D eigenvalue weighted by Crippen LogP contribution is -2.47. The van der Waals surface area contributed by atoms with Crippen molar-refractivity contribution in [2.24, 2.45) is 11.8 Å². The number of hydrogen-bond donors (Lipinski definition) is 1. The zero-order chi connectivity index (χ0) is 15.2. The lowest BCUT2D eigenvalue weighted by molar-refractivity contribution is 0.131. The molecule has 0 aromatic heterocycles. The first-order chi connectivity index (χ1) is 9.29. The highest BCUT2D eigenvalue weighted by molar-refractivity contribution is 7.90. The molecule has 1 fully saturated rings.